The minimum absolute atomic E-state index is 0.135. The van der Waals surface area contributed by atoms with Gasteiger partial charge in [0, 0.05) is 19.3 Å². The van der Waals surface area contributed by atoms with E-state index >= 15 is 0 Å². The van der Waals surface area contributed by atoms with Gasteiger partial charge in [-0.1, -0.05) is 30.3 Å². The molecule has 1 amide bonds. The van der Waals surface area contributed by atoms with Crippen LogP contribution in [0, 0.1) is 5.92 Å². The SMILES string of the molecule is O=C(NCc1ccco1)c1cncc(N2CCC(Cc3ccccc3)CC2)c1. The highest BCUT2D eigenvalue weighted by atomic mass is 16.3. The number of benzene rings is 1. The Bertz CT molecular complexity index is 885. The number of aromatic nitrogens is 1. The van der Waals surface area contributed by atoms with Crippen molar-refractivity contribution in [3.63, 3.8) is 0 Å². The first-order valence-corrected chi connectivity index (χ1v) is 9.82. The van der Waals surface area contributed by atoms with Crippen LogP contribution in [-0.2, 0) is 13.0 Å². The van der Waals surface area contributed by atoms with Crippen molar-refractivity contribution in [2.24, 2.45) is 5.92 Å². The molecule has 0 bridgehead atoms. The third-order valence-corrected chi connectivity index (χ3v) is 5.34. The maximum atomic E-state index is 12.4. The molecule has 3 heterocycles. The number of nitrogens with zero attached hydrogens (tertiary/aromatic N) is 2. The van der Waals surface area contributed by atoms with Gasteiger partial charge in [-0.3, -0.25) is 9.78 Å². The Morgan fingerprint density at radius 3 is 2.68 bits per heavy atom. The minimum atomic E-state index is -0.135. The Hall–Kier alpha value is -3.08. The highest BCUT2D eigenvalue weighted by molar-refractivity contribution is 5.94. The van der Waals surface area contributed by atoms with Gasteiger partial charge in [-0.15, -0.1) is 0 Å². The van der Waals surface area contributed by atoms with E-state index in [0.29, 0.717) is 18.0 Å². The molecule has 1 saturated heterocycles. The standard InChI is InChI=1S/C23H25N3O2/c27-23(25-17-22-7-4-12-28-22)20-14-21(16-24-15-20)26-10-8-19(9-11-26)13-18-5-2-1-3-6-18/h1-7,12,14-16,19H,8-11,13,17H2,(H,25,27). The number of hydrogen-bond donors (Lipinski definition) is 1. The van der Waals surface area contributed by atoms with Gasteiger partial charge in [-0.2, -0.15) is 0 Å². The van der Waals surface area contributed by atoms with Crippen molar-refractivity contribution in [3.8, 4) is 0 Å². The summed E-state index contributed by atoms with van der Waals surface area (Å²) in [5.74, 6) is 1.31. The largest absolute Gasteiger partial charge is 0.467 e. The van der Waals surface area contributed by atoms with E-state index in [-0.39, 0.29) is 5.91 Å². The van der Waals surface area contributed by atoms with E-state index in [2.05, 4.69) is 45.5 Å². The summed E-state index contributed by atoms with van der Waals surface area (Å²) in [4.78, 5) is 19.0. The molecule has 0 unspecified atom stereocenters. The third-order valence-electron chi connectivity index (χ3n) is 5.34. The van der Waals surface area contributed by atoms with E-state index in [0.717, 1.165) is 43.8 Å². The van der Waals surface area contributed by atoms with E-state index in [1.165, 1.54) is 5.56 Å². The molecule has 28 heavy (non-hydrogen) atoms. The second kappa shape index (κ2) is 8.74. The Morgan fingerprint density at radius 2 is 1.93 bits per heavy atom. The van der Waals surface area contributed by atoms with E-state index < -0.39 is 0 Å². The average molecular weight is 375 g/mol. The van der Waals surface area contributed by atoms with Crippen LogP contribution in [0.15, 0.2) is 71.6 Å². The summed E-state index contributed by atoms with van der Waals surface area (Å²) in [5.41, 5.74) is 3.01. The number of amides is 1. The maximum Gasteiger partial charge on any atom is 0.253 e. The highest BCUT2D eigenvalue weighted by Crippen LogP contribution is 2.25. The third kappa shape index (κ3) is 4.60. The van der Waals surface area contributed by atoms with Gasteiger partial charge in [0.15, 0.2) is 0 Å². The van der Waals surface area contributed by atoms with Crippen LogP contribution < -0.4 is 10.2 Å². The van der Waals surface area contributed by atoms with Gasteiger partial charge >= 0.3 is 0 Å². The van der Waals surface area contributed by atoms with Crippen LogP contribution in [0.1, 0.15) is 34.5 Å². The second-order valence-electron chi connectivity index (χ2n) is 7.31. The van der Waals surface area contributed by atoms with E-state index in [1.807, 2.05) is 24.4 Å². The van der Waals surface area contributed by atoms with Crippen LogP contribution in [0.3, 0.4) is 0 Å². The number of piperidine rings is 1. The van der Waals surface area contributed by atoms with Crippen LogP contribution >= 0.6 is 0 Å². The summed E-state index contributed by atoms with van der Waals surface area (Å²) < 4.78 is 5.25. The first kappa shape index (κ1) is 18.3. The normalized spacial score (nSPS) is 14.8. The summed E-state index contributed by atoms with van der Waals surface area (Å²) in [7, 11) is 0. The van der Waals surface area contributed by atoms with Crippen molar-refractivity contribution >= 4 is 11.6 Å². The summed E-state index contributed by atoms with van der Waals surface area (Å²) in [5, 5.41) is 2.87. The zero-order valence-corrected chi connectivity index (χ0v) is 15.9. The molecule has 1 aromatic carbocycles. The van der Waals surface area contributed by atoms with Crippen LogP contribution in [0.4, 0.5) is 5.69 Å². The molecule has 144 valence electrons. The fraction of sp³-hybridized carbons (Fsp3) is 0.304. The van der Waals surface area contributed by atoms with Crippen molar-refractivity contribution in [1.82, 2.24) is 10.3 Å². The Labute approximate surface area is 165 Å². The molecule has 0 saturated carbocycles. The van der Waals surface area contributed by atoms with Crippen molar-refractivity contribution in [2.45, 2.75) is 25.8 Å². The molecular formula is C23H25N3O2. The molecule has 0 spiro atoms. The lowest BCUT2D eigenvalue weighted by molar-refractivity contribution is 0.0947. The van der Waals surface area contributed by atoms with Crippen molar-refractivity contribution in [3.05, 3.63) is 84.1 Å². The lowest BCUT2D eigenvalue weighted by Crippen LogP contribution is -2.34. The van der Waals surface area contributed by atoms with Gasteiger partial charge in [0.2, 0.25) is 0 Å². The molecule has 0 aliphatic carbocycles. The molecule has 5 heteroatoms. The summed E-state index contributed by atoms with van der Waals surface area (Å²) in [6, 6.07) is 16.3. The monoisotopic (exact) mass is 375 g/mol. The molecule has 0 atom stereocenters. The number of hydrogen-bond acceptors (Lipinski definition) is 4. The molecule has 3 aromatic rings. The topological polar surface area (TPSA) is 58.4 Å². The number of pyridine rings is 1. The Balaban J connectivity index is 1.32. The zero-order valence-electron chi connectivity index (χ0n) is 15.9. The molecule has 1 N–H and O–H groups in total. The predicted octanol–water partition coefficient (Wildman–Crippen LogP) is 4.06. The minimum Gasteiger partial charge on any atom is -0.467 e. The Morgan fingerprint density at radius 1 is 1.11 bits per heavy atom. The number of carbonyl (C=O) groups excluding carboxylic acids is 1. The van der Waals surface area contributed by atoms with Gasteiger partial charge in [-0.05, 0) is 48.9 Å². The van der Waals surface area contributed by atoms with E-state index in [9.17, 15) is 4.79 Å². The Kier molecular flexibility index (Phi) is 5.71. The lowest BCUT2D eigenvalue weighted by Gasteiger charge is -2.33. The fourth-order valence-corrected chi connectivity index (χ4v) is 3.75. The molecule has 1 aliphatic rings. The second-order valence-corrected chi connectivity index (χ2v) is 7.31. The molecule has 1 fully saturated rings. The van der Waals surface area contributed by atoms with Gasteiger partial charge in [-0.25, -0.2) is 0 Å². The maximum absolute atomic E-state index is 12.4. The number of rotatable bonds is 6. The van der Waals surface area contributed by atoms with E-state index in [1.54, 1.807) is 12.5 Å². The van der Waals surface area contributed by atoms with Crippen LogP contribution in [0.2, 0.25) is 0 Å². The smallest absolute Gasteiger partial charge is 0.253 e. The molecule has 2 aromatic heterocycles. The number of anilines is 1. The highest BCUT2D eigenvalue weighted by Gasteiger charge is 2.20. The van der Waals surface area contributed by atoms with Gasteiger partial charge < -0.3 is 14.6 Å². The van der Waals surface area contributed by atoms with Crippen molar-refractivity contribution < 1.29 is 9.21 Å². The first-order chi connectivity index (χ1) is 13.8. The number of nitrogens with one attached hydrogen (secondary N) is 1. The quantitative estimate of drug-likeness (QED) is 0.706. The first-order valence-electron chi connectivity index (χ1n) is 9.82. The van der Waals surface area contributed by atoms with Gasteiger partial charge in [0.1, 0.15) is 5.76 Å². The number of carbonyl (C=O) groups is 1. The molecule has 5 nitrogen and oxygen atoms in total. The molecule has 0 radical (unpaired) electrons. The summed E-state index contributed by atoms with van der Waals surface area (Å²) in [6.45, 7) is 2.37. The van der Waals surface area contributed by atoms with E-state index in [4.69, 9.17) is 4.42 Å². The molecule has 4 rings (SSSR count). The van der Waals surface area contributed by atoms with Gasteiger partial charge in [0.05, 0.1) is 30.3 Å². The van der Waals surface area contributed by atoms with Crippen LogP contribution in [0.5, 0.6) is 0 Å². The summed E-state index contributed by atoms with van der Waals surface area (Å²) in [6.07, 6.45) is 8.52. The summed E-state index contributed by atoms with van der Waals surface area (Å²) >= 11 is 0. The fourth-order valence-electron chi connectivity index (χ4n) is 3.75. The van der Waals surface area contributed by atoms with Crippen molar-refractivity contribution in [2.75, 3.05) is 18.0 Å². The molecule has 1 aliphatic heterocycles. The van der Waals surface area contributed by atoms with Gasteiger partial charge in [0.25, 0.3) is 5.91 Å². The predicted molar refractivity (Wildman–Crippen MR) is 109 cm³/mol. The van der Waals surface area contributed by atoms with Crippen LogP contribution in [-0.4, -0.2) is 24.0 Å². The molecular weight excluding hydrogens is 350 g/mol. The number of furan rings is 1. The lowest BCUT2D eigenvalue weighted by atomic mass is 9.90. The average Bonchev–Trinajstić information content (AvgIpc) is 3.27. The van der Waals surface area contributed by atoms with Crippen LogP contribution in [0.25, 0.3) is 0 Å². The zero-order chi connectivity index (χ0) is 19.2. The van der Waals surface area contributed by atoms with Crippen molar-refractivity contribution in [1.29, 1.82) is 0 Å².